The number of hydrogen-bond donors (Lipinski definition) is 0. The van der Waals surface area contributed by atoms with E-state index in [-0.39, 0.29) is 11.8 Å². The molecular formula is C23H30N4O3. The lowest BCUT2D eigenvalue weighted by Gasteiger charge is -2.36. The van der Waals surface area contributed by atoms with Gasteiger partial charge in [0.25, 0.3) is 0 Å². The quantitative estimate of drug-likeness (QED) is 0.733. The van der Waals surface area contributed by atoms with Gasteiger partial charge in [-0.2, -0.15) is 0 Å². The van der Waals surface area contributed by atoms with E-state index < -0.39 is 0 Å². The van der Waals surface area contributed by atoms with Crippen molar-refractivity contribution >= 4 is 11.8 Å². The molecule has 2 aliphatic rings. The van der Waals surface area contributed by atoms with Crippen LogP contribution in [-0.2, 0) is 16.1 Å². The normalized spacial score (nSPS) is 22.3. The molecular weight excluding hydrogens is 380 g/mol. The lowest BCUT2D eigenvalue weighted by atomic mass is 9.78. The molecule has 2 saturated heterocycles. The molecule has 0 saturated carbocycles. The Kier molecular flexibility index (Phi) is 6.35. The summed E-state index contributed by atoms with van der Waals surface area (Å²) in [6, 6.07) is 9.86. The number of ether oxygens (including phenoxy) is 1. The molecule has 2 atom stereocenters. The summed E-state index contributed by atoms with van der Waals surface area (Å²) < 4.78 is 7.90. The number of likely N-dealkylation sites (tertiary alicyclic amines) is 2. The first kappa shape index (κ1) is 20.4. The monoisotopic (exact) mass is 410 g/mol. The number of piperidine rings is 1. The third-order valence-electron chi connectivity index (χ3n) is 6.52. The smallest absolute Gasteiger partial charge is 0.242 e. The van der Waals surface area contributed by atoms with Gasteiger partial charge in [-0.1, -0.05) is 18.2 Å². The van der Waals surface area contributed by atoms with Crippen LogP contribution in [0.5, 0.6) is 5.75 Å². The van der Waals surface area contributed by atoms with E-state index in [0.29, 0.717) is 30.9 Å². The van der Waals surface area contributed by atoms with Gasteiger partial charge in [0.05, 0.1) is 12.9 Å². The second-order valence-corrected chi connectivity index (χ2v) is 8.43. The van der Waals surface area contributed by atoms with E-state index in [1.807, 2.05) is 50.9 Å². The molecule has 0 unspecified atom stereocenters. The van der Waals surface area contributed by atoms with E-state index in [1.165, 1.54) is 0 Å². The maximum atomic E-state index is 12.9. The van der Waals surface area contributed by atoms with Crippen molar-refractivity contribution in [2.45, 2.75) is 26.3 Å². The lowest BCUT2D eigenvalue weighted by Crippen LogP contribution is -2.41. The van der Waals surface area contributed by atoms with E-state index in [4.69, 9.17) is 4.74 Å². The summed E-state index contributed by atoms with van der Waals surface area (Å²) in [7, 11) is 0. The van der Waals surface area contributed by atoms with Crippen molar-refractivity contribution in [3.8, 4) is 5.75 Å². The fraction of sp³-hybridized carbons (Fsp3) is 0.522. The Hall–Kier alpha value is -2.83. The summed E-state index contributed by atoms with van der Waals surface area (Å²) in [6.45, 7) is 5.68. The number of hydrogen-bond acceptors (Lipinski definition) is 4. The number of amides is 2. The van der Waals surface area contributed by atoms with Crippen LogP contribution < -0.4 is 4.74 Å². The topological polar surface area (TPSA) is 67.7 Å². The average molecular weight is 411 g/mol. The summed E-state index contributed by atoms with van der Waals surface area (Å²) in [4.78, 5) is 32.5. The van der Waals surface area contributed by atoms with Gasteiger partial charge in [0.2, 0.25) is 11.8 Å². The Morgan fingerprint density at radius 3 is 2.53 bits per heavy atom. The van der Waals surface area contributed by atoms with Crippen molar-refractivity contribution in [3.63, 3.8) is 0 Å². The van der Waals surface area contributed by atoms with Crippen LogP contribution in [-0.4, -0.2) is 64.0 Å². The van der Waals surface area contributed by atoms with Gasteiger partial charge < -0.3 is 19.1 Å². The zero-order valence-electron chi connectivity index (χ0n) is 17.5. The van der Waals surface area contributed by atoms with Gasteiger partial charge in [-0.3, -0.25) is 9.59 Å². The van der Waals surface area contributed by atoms with Gasteiger partial charge in [-0.05, 0) is 36.8 Å². The molecule has 0 spiro atoms. The van der Waals surface area contributed by atoms with Crippen LogP contribution in [0.4, 0.5) is 0 Å². The summed E-state index contributed by atoms with van der Waals surface area (Å²) in [5, 5.41) is 0. The molecule has 1 aromatic carbocycles. The Bertz CT molecular complexity index is 831. The Labute approximate surface area is 177 Å². The zero-order chi connectivity index (χ0) is 20.9. The van der Waals surface area contributed by atoms with Crippen molar-refractivity contribution in [3.05, 3.63) is 49.1 Å². The van der Waals surface area contributed by atoms with Gasteiger partial charge in [-0.15, -0.1) is 0 Å². The minimum atomic E-state index is 0.126. The van der Waals surface area contributed by atoms with Crippen LogP contribution >= 0.6 is 0 Å². The second-order valence-electron chi connectivity index (χ2n) is 8.43. The van der Waals surface area contributed by atoms with E-state index in [0.717, 1.165) is 44.8 Å². The highest BCUT2D eigenvalue weighted by Gasteiger charge is 2.41. The van der Waals surface area contributed by atoms with Gasteiger partial charge in [-0.25, -0.2) is 4.98 Å². The van der Waals surface area contributed by atoms with Gasteiger partial charge >= 0.3 is 0 Å². The molecule has 0 N–H and O–H groups in total. The number of nitrogens with zero attached hydrogens (tertiary/aromatic N) is 4. The van der Waals surface area contributed by atoms with Crippen molar-refractivity contribution in [2.75, 3.05) is 32.8 Å². The maximum Gasteiger partial charge on any atom is 0.242 e. The summed E-state index contributed by atoms with van der Waals surface area (Å²) in [5.41, 5.74) is 0. The largest absolute Gasteiger partial charge is 0.493 e. The number of imidazole rings is 1. The minimum Gasteiger partial charge on any atom is -0.493 e. The number of carbonyl (C=O) groups is 2. The number of benzene rings is 1. The van der Waals surface area contributed by atoms with Crippen LogP contribution in [0.25, 0.3) is 0 Å². The number of rotatable bonds is 6. The highest BCUT2D eigenvalue weighted by atomic mass is 16.5. The standard InChI is InChI=1S/C23H30N4O3/c1-18(28)26-10-7-19(8-11-26)22-14-27(23(29)15-25-12-9-24-17-25)13-20(22)16-30-21-5-3-2-4-6-21/h2-6,9,12,17,19-20,22H,7-8,10-11,13-16H2,1H3/t20-,22-/m0/s1. The third kappa shape index (κ3) is 4.83. The SMILES string of the molecule is CC(=O)N1CCC([C@@H]2CN(C(=O)Cn3ccnc3)C[C@H]2COc2ccccc2)CC1. The van der Waals surface area contributed by atoms with Gasteiger partial charge in [0.15, 0.2) is 0 Å². The van der Waals surface area contributed by atoms with Gasteiger partial charge in [0, 0.05) is 51.4 Å². The first-order valence-corrected chi connectivity index (χ1v) is 10.8. The molecule has 4 rings (SSSR count). The molecule has 2 aliphatic heterocycles. The summed E-state index contributed by atoms with van der Waals surface area (Å²) in [6.07, 6.45) is 7.18. The van der Waals surface area contributed by atoms with E-state index in [1.54, 1.807) is 19.4 Å². The van der Waals surface area contributed by atoms with Crippen LogP contribution in [0.1, 0.15) is 19.8 Å². The predicted molar refractivity (Wildman–Crippen MR) is 113 cm³/mol. The summed E-state index contributed by atoms with van der Waals surface area (Å²) in [5.74, 6) is 2.35. The first-order chi connectivity index (χ1) is 14.6. The maximum absolute atomic E-state index is 12.9. The Morgan fingerprint density at radius 2 is 1.87 bits per heavy atom. The third-order valence-corrected chi connectivity index (χ3v) is 6.52. The highest BCUT2D eigenvalue weighted by Crippen LogP contribution is 2.36. The molecule has 160 valence electrons. The molecule has 1 aromatic heterocycles. The first-order valence-electron chi connectivity index (χ1n) is 10.8. The summed E-state index contributed by atoms with van der Waals surface area (Å²) >= 11 is 0. The van der Waals surface area contributed by atoms with E-state index in [9.17, 15) is 9.59 Å². The van der Waals surface area contributed by atoms with Gasteiger partial charge in [0.1, 0.15) is 12.3 Å². The second kappa shape index (κ2) is 9.32. The average Bonchev–Trinajstić information content (AvgIpc) is 3.43. The molecule has 0 radical (unpaired) electrons. The molecule has 0 bridgehead atoms. The molecule has 30 heavy (non-hydrogen) atoms. The van der Waals surface area contributed by atoms with Crippen molar-refractivity contribution in [1.82, 2.24) is 19.4 Å². The fourth-order valence-corrected chi connectivity index (χ4v) is 4.81. The van der Waals surface area contributed by atoms with Crippen LogP contribution in [0.3, 0.4) is 0 Å². The molecule has 0 aliphatic carbocycles. The molecule has 2 amide bonds. The fourth-order valence-electron chi connectivity index (χ4n) is 4.81. The molecule has 2 aromatic rings. The zero-order valence-corrected chi connectivity index (χ0v) is 17.5. The van der Waals surface area contributed by atoms with Crippen LogP contribution in [0.2, 0.25) is 0 Å². The van der Waals surface area contributed by atoms with Crippen molar-refractivity contribution in [2.24, 2.45) is 17.8 Å². The predicted octanol–water partition coefficient (Wildman–Crippen LogP) is 2.30. The van der Waals surface area contributed by atoms with Crippen molar-refractivity contribution in [1.29, 1.82) is 0 Å². The number of carbonyl (C=O) groups excluding carboxylic acids is 2. The van der Waals surface area contributed by atoms with Crippen LogP contribution in [0.15, 0.2) is 49.1 Å². The van der Waals surface area contributed by atoms with Crippen LogP contribution in [0, 0.1) is 17.8 Å². The Morgan fingerprint density at radius 1 is 1.10 bits per heavy atom. The highest BCUT2D eigenvalue weighted by molar-refractivity contribution is 5.76. The van der Waals surface area contributed by atoms with E-state index >= 15 is 0 Å². The number of aromatic nitrogens is 2. The molecule has 7 heteroatoms. The van der Waals surface area contributed by atoms with E-state index in [2.05, 4.69) is 4.98 Å². The van der Waals surface area contributed by atoms with Crippen molar-refractivity contribution < 1.29 is 14.3 Å². The minimum absolute atomic E-state index is 0.126. The Balaban J connectivity index is 1.42. The lowest BCUT2D eigenvalue weighted by molar-refractivity contribution is -0.131. The number of para-hydroxylation sites is 1. The molecule has 3 heterocycles. The molecule has 2 fully saturated rings. The molecule has 7 nitrogen and oxygen atoms in total.